The van der Waals surface area contributed by atoms with Crippen LogP contribution in [0.1, 0.15) is 18.9 Å². The number of rotatable bonds is 6. The first-order chi connectivity index (χ1) is 11.4. The van der Waals surface area contributed by atoms with E-state index in [1.54, 1.807) is 13.2 Å². The Kier molecular flexibility index (Phi) is 5.78. The van der Waals surface area contributed by atoms with Gasteiger partial charge in [-0.25, -0.2) is 0 Å². The van der Waals surface area contributed by atoms with Crippen molar-refractivity contribution in [3.8, 4) is 5.75 Å². The van der Waals surface area contributed by atoms with Gasteiger partial charge in [0.05, 0.1) is 13.0 Å². The van der Waals surface area contributed by atoms with Crippen molar-refractivity contribution < 1.29 is 24.2 Å². The van der Waals surface area contributed by atoms with Crippen LogP contribution >= 0.6 is 0 Å². The molecule has 0 bridgehead atoms. The lowest BCUT2D eigenvalue weighted by Crippen LogP contribution is -2.48. The standard InChI is InChI=1S/C17H22N2O5/c1-11(20)18-15(9-12-4-3-5-14(8-12)24-2)16(21)19-7-6-13(10-19)17(22)23/h3-5,8,13,15H,6-7,9-10H2,1-2H3,(H,18,20)(H,22,23)/t13-,15-/m1/s1. The van der Waals surface area contributed by atoms with Crippen LogP contribution in [0.2, 0.25) is 0 Å². The van der Waals surface area contributed by atoms with Crippen LogP contribution in [0.4, 0.5) is 0 Å². The number of likely N-dealkylation sites (tertiary alicyclic amines) is 1. The van der Waals surface area contributed by atoms with Crippen LogP contribution in [0.3, 0.4) is 0 Å². The Hall–Kier alpha value is -2.57. The van der Waals surface area contributed by atoms with E-state index in [-0.39, 0.29) is 18.4 Å². The van der Waals surface area contributed by atoms with E-state index in [0.717, 1.165) is 5.56 Å². The molecule has 2 rings (SSSR count). The van der Waals surface area contributed by atoms with E-state index in [1.807, 2.05) is 18.2 Å². The lowest BCUT2D eigenvalue weighted by molar-refractivity contribution is -0.141. The Labute approximate surface area is 140 Å². The molecule has 7 heteroatoms. The third kappa shape index (κ3) is 4.47. The minimum absolute atomic E-state index is 0.183. The number of carbonyl (C=O) groups is 3. The van der Waals surface area contributed by atoms with Gasteiger partial charge < -0.3 is 20.1 Å². The quantitative estimate of drug-likeness (QED) is 0.797. The number of carbonyl (C=O) groups excluding carboxylic acids is 2. The van der Waals surface area contributed by atoms with Crippen molar-refractivity contribution in [2.45, 2.75) is 25.8 Å². The van der Waals surface area contributed by atoms with Crippen molar-refractivity contribution in [2.24, 2.45) is 5.92 Å². The zero-order chi connectivity index (χ0) is 17.7. The monoisotopic (exact) mass is 334 g/mol. The number of nitrogens with one attached hydrogen (secondary N) is 1. The van der Waals surface area contributed by atoms with Crippen LogP contribution in [0.5, 0.6) is 5.75 Å². The summed E-state index contributed by atoms with van der Waals surface area (Å²) in [7, 11) is 1.56. The van der Waals surface area contributed by atoms with Crippen LogP contribution < -0.4 is 10.1 Å². The largest absolute Gasteiger partial charge is 0.497 e. The van der Waals surface area contributed by atoms with Crippen molar-refractivity contribution in [3.05, 3.63) is 29.8 Å². The molecule has 1 aromatic carbocycles. The number of nitrogens with zero attached hydrogens (tertiary/aromatic N) is 1. The van der Waals surface area contributed by atoms with Gasteiger partial charge in [0.25, 0.3) is 0 Å². The zero-order valence-electron chi connectivity index (χ0n) is 13.8. The molecule has 2 amide bonds. The van der Waals surface area contributed by atoms with E-state index in [2.05, 4.69) is 5.32 Å². The minimum Gasteiger partial charge on any atom is -0.497 e. The van der Waals surface area contributed by atoms with Gasteiger partial charge in [-0.15, -0.1) is 0 Å². The highest BCUT2D eigenvalue weighted by Gasteiger charge is 2.34. The molecule has 0 unspecified atom stereocenters. The Bertz CT molecular complexity index is 631. The molecule has 7 nitrogen and oxygen atoms in total. The van der Waals surface area contributed by atoms with Gasteiger partial charge in [0.15, 0.2) is 0 Å². The summed E-state index contributed by atoms with van der Waals surface area (Å²) in [5.41, 5.74) is 0.857. The van der Waals surface area contributed by atoms with Gasteiger partial charge in [0.2, 0.25) is 11.8 Å². The summed E-state index contributed by atoms with van der Waals surface area (Å²) in [4.78, 5) is 36.7. The topological polar surface area (TPSA) is 95.9 Å². The number of ether oxygens (including phenoxy) is 1. The zero-order valence-corrected chi connectivity index (χ0v) is 13.8. The predicted octanol–water partition coefficient (Wildman–Crippen LogP) is 0.675. The van der Waals surface area contributed by atoms with Gasteiger partial charge in [0.1, 0.15) is 11.8 Å². The maximum atomic E-state index is 12.7. The fourth-order valence-electron chi connectivity index (χ4n) is 2.86. The molecule has 2 atom stereocenters. The van der Waals surface area contributed by atoms with E-state index in [0.29, 0.717) is 25.1 Å². The molecule has 0 saturated carbocycles. The molecule has 0 radical (unpaired) electrons. The Balaban J connectivity index is 2.11. The van der Waals surface area contributed by atoms with Gasteiger partial charge in [-0.05, 0) is 24.1 Å². The smallest absolute Gasteiger partial charge is 0.308 e. The summed E-state index contributed by atoms with van der Waals surface area (Å²) in [5.74, 6) is -1.31. The first-order valence-corrected chi connectivity index (χ1v) is 7.82. The first-order valence-electron chi connectivity index (χ1n) is 7.82. The van der Waals surface area contributed by atoms with Gasteiger partial charge in [-0.1, -0.05) is 12.1 Å². The molecule has 24 heavy (non-hydrogen) atoms. The third-order valence-electron chi connectivity index (χ3n) is 4.10. The summed E-state index contributed by atoms with van der Waals surface area (Å²) in [5, 5.41) is 11.7. The second-order valence-corrected chi connectivity index (χ2v) is 5.92. The molecule has 0 spiro atoms. The molecule has 1 aromatic rings. The molecule has 1 heterocycles. The number of benzene rings is 1. The molecule has 2 N–H and O–H groups in total. The van der Waals surface area contributed by atoms with E-state index < -0.39 is 17.9 Å². The molecular weight excluding hydrogens is 312 g/mol. The second-order valence-electron chi connectivity index (χ2n) is 5.92. The predicted molar refractivity (Wildman–Crippen MR) is 86.6 cm³/mol. The molecule has 0 aromatic heterocycles. The summed E-state index contributed by atoms with van der Waals surface area (Å²) >= 11 is 0. The number of hydrogen-bond donors (Lipinski definition) is 2. The van der Waals surface area contributed by atoms with Crippen molar-refractivity contribution in [2.75, 3.05) is 20.2 Å². The molecule has 1 aliphatic rings. The summed E-state index contributed by atoms with van der Waals surface area (Å²) in [6, 6.07) is 6.57. The normalized spacial score (nSPS) is 18.1. The fraction of sp³-hybridized carbons (Fsp3) is 0.471. The maximum absolute atomic E-state index is 12.7. The van der Waals surface area contributed by atoms with E-state index >= 15 is 0 Å². The number of methoxy groups -OCH3 is 1. The SMILES string of the molecule is COc1cccc(C[C@@H](NC(C)=O)C(=O)N2CC[C@@H](C(=O)O)C2)c1. The number of carboxylic acids is 1. The Morgan fingerprint density at radius 2 is 2.17 bits per heavy atom. The van der Waals surface area contributed by atoms with E-state index in [9.17, 15) is 14.4 Å². The lowest BCUT2D eigenvalue weighted by atomic mass is 10.0. The van der Waals surface area contributed by atoms with Crippen molar-refractivity contribution in [1.29, 1.82) is 0 Å². The van der Waals surface area contributed by atoms with E-state index in [1.165, 1.54) is 11.8 Å². The minimum atomic E-state index is -0.894. The molecule has 130 valence electrons. The van der Waals surface area contributed by atoms with Crippen LogP contribution in [-0.4, -0.2) is 54.0 Å². The highest BCUT2D eigenvalue weighted by molar-refractivity contribution is 5.88. The second kappa shape index (κ2) is 7.81. The maximum Gasteiger partial charge on any atom is 0.308 e. The van der Waals surface area contributed by atoms with Crippen LogP contribution in [-0.2, 0) is 20.8 Å². The van der Waals surface area contributed by atoms with Gasteiger partial charge >= 0.3 is 5.97 Å². The number of hydrogen-bond acceptors (Lipinski definition) is 4. The summed E-state index contributed by atoms with van der Waals surface area (Å²) in [6.45, 7) is 1.93. The number of aliphatic carboxylic acids is 1. The average Bonchev–Trinajstić information content (AvgIpc) is 3.03. The van der Waals surface area contributed by atoms with Crippen LogP contribution in [0, 0.1) is 5.92 Å². The Morgan fingerprint density at radius 1 is 1.42 bits per heavy atom. The van der Waals surface area contributed by atoms with Gasteiger partial charge in [-0.3, -0.25) is 14.4 Å². The molecular formula is C17H22N2O5. The van der Waals surface area contributed by atoms with Crippen molar-refractivity contribution in [3.63, 3.8) is 0 Å². The third-order valence-corrected chi connectivity index (χ3v) is 4.10. The Morgan fingerprint density at radius 3 is 2.75 bits per heavy atom. The molecule has 1 saturated heterocycles. The van der Waals surface area contributed by atoms with Gasteiger partial charge in [-0.2, -0.15) is 0 Å². The molecule has 1 fully saturated rings. The highest BCUT2D eigenvalue weighted by atomic mass is 16.5. The summed E-state index contributed by atoms with van der Waals surface area (Å²) in [6.07, 6.45) is 0.761. The average molecular weight is 334 g/mol. The number of carboxylic acid groups (broad SMARTS) is 1. The summed E-state index contributed by atoms with van der Waals surface area (Å²) < 4.78 is 5.17. The first kappa shape index (κ1) is 17.8. The van der Waals surface area contributed by atoms with Crippen LogP contribution in [0.15, 0.2) is 24.3 Å². The molecule has 0 aliphatic carbocycles. The van der Waals surface area contributed by atoms with Gasteiger partial charge in [0, 0.05) is 26.4 Å². The van der Waals surface area contributed by atoms with Crippen molar-refractivity contribution >= 4 is 17.8 Å². The fourth-order valence-corrected chi connectivity index (χ4v) is 2.86. The van der Waals surface area contributed by atoms with E-state index in [4.69, 9.17) is 9.84 Å². The highest BCUT2D eigenvalue weighted by Crippen LogP contribution is 2.19. The number of amides is 2. The lowest BCUT2D eigenvalue weighted by Gasteiger charge is -2.24. The van der Waals surface area contributed by atoms with Crippen LogP contribution in [0.25, 0.3) is 0 Å². The molecule has 1 aliphatic heterocycles. The van der Waals surface area contributed by atoms with Crippen molar-refractivity contribution in [1.82, 2.24) is 10.2 Å².